The molecular formula is C24H24ClN3O3S. The van der Waals surface area contributed by atoms with E-state index in [0.29, 0.717) is 10.6 Å². The molecule has 0 unspecified atom stereocenters. The maximum absolute atomic E-state index is 13.3. The number of aryl methyl sites for hydroxylation is 2. The Morgan fingerprint density at radius 1 is 1.00 bits per heavy atom. The molecule has 1 amide bonds. The highest BCUT2D eigenvalue weighted by atomic mass is 35.5. The minimum absolute atomic E-state index is 0.0551. The van der Waals surface area contributed by atoms with Crippen molar-refractivity contribution in [1.29, 1.82) is 0 Å². The second-order valence-corrected chi connectivity index (χ2v) is 9.74. The molecule has 166 valence electrons. The van der Waals surface area contributed by atoms with Crippen LogP contribution in [0.2, 0.25) is 5.02 Å². The van der Waals surface area contributed by atoms with E-state index in [1.54, 1.807) is 48.5 Å². The highest BCUT2D eigenvalue weighted by Gasteiger charge is 2.27. The van der Waals surface area contributed by atoms with E-state index < -0.39 is 15.9 Å². The van der Waals surface area contributed by atoms with Crippen molar-refractivity contribution in [2.75, 3.05) is 6.54 Å². The maximum atomic E-state index is 13.3. The smallest absolute Gasteiger partial charge is 0.255 e. The van der Waals surface area contributed by atoms with Crippen molar-refractivity contribution < 1.29 is 13.2 Å². The molecule has 0 spiro atoms. The quantitative estimate of drug-likeness (QED) is 0.394. The molecule has 0 fully saturated rings. The Bertz CT molecular complexity index is 1230. The van der Waals surface area contributed by atoms with E-state index in [1.165, 1.54) is 6.21 Å². The van der Waals surface area contributed by atoms with Crippen LogP contribution in [0.25, 0.3) is 0 Å². The topological polar surface area (TPSA) is 78.8 Å². The van der Waals surface area contributed by atoms with Crippen molar-refractivity contribution in [3.05, 3.63) is 100 Å². The summed E-state index contributed by atoms with van der Waals surface area (Å²) in [5, 5.41) is 4.41. The summed E-state index contributed by atoms with van der Waals surface area (Å²) >= 11 is 6.07. The monoisotopic (exact) mass is 469 g/mol. The third-order valence-electron chi connectivity index (χ3n) is 4.72. The lowest BCUT2D eigenvalue weighted by Gasteiger charge is -2.22. The molecule has 1 N–H and O–H groups in total. The first-order valence-electron chi connectivity index (χ1n) is 9.94. The van der Waals surface area contributed by atoms with E-state index in [4.69, 9.17) is 11.6 Å². The fraction of sp³-hybridized carbons (Fsp3) is 0.167. The van der Waals surface area contributed by atoms with Crippen molar-refractivity contribution in [1.82, 2.24) is 9.73 Å². The molecule has 3 rings (SSSR count). The number of nitrogens with zero attached hydrogens (tertiary/aromatic N) is 2. The lowest BCUT2D eigenvalue weighted by molar-refractivity contribution is -0.121. The SMILES string of the molecule is Cc1ccc(S(=O)(=O)N(CC(=O)N/N=C\c2ccccc2Cl)Cc2cccc(C)c2)cc1. The third-order valence-corrected chi connectivity index (χ3v) is 6.87. The summed E-state index contributed by atoms with van der Waals surface area (Å²) in [6.45, 7) is 3.48. The first-order chi connectivity index (χ1) is 15.3. The fourth-order valence-corrected chi connectivity index (χ4v) is 4.62. The van der Waals surface area contributed by atoms with Gasteiger partial charge in [-0.1, -0.05) is 77.3 Å². The van der Waals surface area contributed by atoms with Gasteiger partial charge in [0.05, 0.1) is 17.7 Å². The van der Waals surface area contributed by atoms with Gasteiger partial charge < -0.3 is 0 Å². The molecule has 0 aliphatic heterocycles. The molecule has 6 nitrogen and oxygen atoms in total. The number of carbonyl (C=O) groups excluding carboxylic acids is 1. The van der Waals surface area contributed by atoms with E-state index in [1.807, 2.05) is 38.1 Å². The summed E-state index contributed by atoms with van der Waals surface area (Å²) in [5.74, 6) is -0.559. The van der Waals surface area contributed by atoms with Gasteiger partial charge in [-0.2, -0.15) is 9.41 Å². The van der Waals surface area contributed by atoms with E-state index >= 15 is 0 Å². The molecule has 0 bridgehead atoms. The average molecular weight is 470 g/mol. The number of hydrogen-bond acceptors (Lipinski definition) is 4. The first kappa shape index (κ1) is 23.7. The minimum Gasteiger partial charge on any atom is -0.272 e. The molecule has 8 heteroatoms. The Kier molecular flexibility index (Phi) is 7.80. The molecule has 0 aliphatic carbocycles. The summed E-state index contributed by atoms with van der Waals surface area (Å²) in [5.41, 5.74) is 5.76. The largest absolute Gasteiger partial charge is 0.272 e. The molecule has 0 radical (unpaired) electrons. The zero-order valence-electron chi connectivity index (χ0n) is 17.8. The van der Waals surface area contributed by atoms with Crippen molar-refractivity contribution in [3.8, 4) is 0 Å². The Balaban J connectivity index is 1.81. The fourth-order valence-electron chi connectivity index (χ4n) is 3.05. The van der Waals surface area contributed by atoms with Gasteiger partial charge in [-0.05, 0) is 37.6 Å². The number of hydrogen-bond donors (Lipinski definition) is 1. The normalized spacial score (nSPS) is 11.8. The second kappa shape index (κ2) is 10.5. The highest BCUT2D eigenvalue weighted by Crippen LogP contribution is 2.19. The van der Waals surface area contributed by atoms with Gasteiger partial charge in [0, 0.05) is 17.1 Å². The van der Waals surface area contributed by atoms with Crippen LogP contribution < -0.4 is 5.43 Å². The molecule has 32 heavy (non-hydrogen) atoms. The molecule has 0 heterocycles. The number of halogens is 1. The molecule has 0 aromatic heterocycles. The van der Waals surface area contributed by atoms with Gasteiger partial charge >= 0.3 is 0 Å². The Hall–Kier alpha value is -3.00. The highest BCUT2D eigenvalue weighted by molar-refractivity contribution is 7.89. The maximum Gasteiger partial charge on any atom is 0.255 e. The summed E-state index contributed by atoms with van der Waals surface area (Å²) in [6.07, 6.45) is 1.42. The van der Waals surface area contributed by atoms with Gasteiger partial charge in [-0.15, -0.1) is 0 Å². The standard InChI is InChI=1S/C24H24ClN3O3S/c1-18-10-12-22(13-11-18)32(30,31)28(16-20-7-5-6-19(2)14-20)17-24(29)27-26-15-21-8-3-4-9-23(21)25/h3-15H,16-17H2,1-2H3,(H,27,29)/b26-15-. The van der Waals surface area contributed by atoms with Crippen LogP contribution in [0, 0.1) is 13.8 Å². The number of sulfonamides is 1. The lowest BCUT2D eigenvalue weighted by Crippen LogP contribution is -2.39. The van der Waals surface area contributed by atoms with Crippen LogP contribution >= 0.6 is 11.6 Å². The predicted octanol–water partition coefficient (Wildman–Crippen LogP) is 4.30. The summed E-state index contributed by atoms with van der Waals surface area (Å²) < 4.78 is 27.7. The Morgan fingerprint density at radius 3 is 2.41 bits per heavy atom. The molecule has 0 saturated carbocycles. The Labute approximate surface area is 193 Å². The number of rotatable bonds is 8. The number of benzene rings is 3. The Morgan fingerprint density at radius 2 is 1.72 bits per heavy atom. The van der Waals surface area contributed by atoms with Crippen molar-refractivity contribution in [3.63, 3.8) is 0 Å². The van der Waals surface area contributed by atoms with Gasteiger partial charge in [0.2, 0.25) is 10.0 Å². The van der Waals surface area contributed by atoms with E-state index in [9.17, 15) is 13.2 Å². The number of carbonyl (C=O) groups is 1. The van der Waals surface area contributed by atoms with Crippen LogP contribution in [0.5, 0.6) is 0 Å². The third kappa shape index (κ3) is 6.26. The molecular weight excluding hydrogens is 446 g/mol. The number of amides is 1. The molecule has 0 atom stereocenters. The van der Waals surface area contributed by atoms with Crippen LogP contribution in [-0.2, 0) is 21.4 Å². The zero-order valence-corrected chi connectivity index (χ0v) is 19.4. The second-order valence-electron chi connectivity index (χ2n) is 7.39. The van der Waals surface area contributed by atoms with Gasteiger partial charge in [-0.25, -0.2) is 13.8 Å². The minimum atomic E-state index is -3.91. The van der Waals surface area contributed by atoms with Crippen LogP contribution in [0.3, 0.4) is 0 Å². The lowest BCUT2D eigenvalue weighted by atomic mass is 10.1. The van der Waals surface area contributed by atoms with Crippen molar-refractivity contribution >= 4 is 33.7 Å². The molecule has 0 aliphatic rings. The average Bonchev–Trinajstić information content (AvgIpc) is 2.75. The summed E-state index contributed by atoms with van der Waals surface area (Å²) in [6, 6.07) is 21.1. The van der Waals surface area contributed by atoms with Crippen LogP contribution in [0.4, 0.5) is 0 Å². The van der Waals surface area contributed by atoms with Crippen molar-refractivity contribution in [2.24, 2.45) is 5.10 Å². The van der Waals surface area contributed by atoms with Gasteiger partial charge in [0.25, 0.3) is 5.91 Å². The van der Waals surface area contributed by atoms with Crippen LogP contribution in [0.1, 0.15) is 22.3 Å². The van der Waals surface area contributed by atoms with Crippen LogP contribution in [0.15, 0.2) is 82.8 Å². The molecule has 3 aromatic carbocycles. The molecule has 0 saturated heterocycles. The first-order valence-corrected chi connectivity index (χ1v) is 11.8. The van der Waals surface area contributed by atoms with Crippen molar-refractivity contribution in [2.45, 2.75) is 25.3 Å². The summed E-state index contributed by atoms with van der Waals surface area (Å²) in [4.78, 5) is 12.7. The number of hydrazone groups is 1. The van der Waals surface area contributed by atoms with Crippen LogP contribution in [-0.4, -0.2) is 31.4 Å². The number of nitrogens with one attached hydrogen (secondary N) is 1. The van der Waals surface area contributed by atoms with Gasteiger partial charge in [0.1, 0.15) is 0 Å². The van der Waals surface area contributed by atoms with Gasteiger partial charge in [-0.3, -0.25) is 4.79 Å². The summed E-state index contributed by atoms with van der Waals surface area (Å²) in [7, 11) is -3.91. The van der Waals surface area contributed by atoms with E-state index in [0.717, 1.165) is 21.0 Å². The van der Waals surface area contributed by atoms with E-state index in [2.05, 4.69) is 10.5 Å². The molecule has 3 aromatic rings. The van der Waals surface area contributed by atoms with Gasteiger partial charge in [0.15, 0.2) is 0 Å². The predicted molar refractivity (Wildman–Crippen MR) is 127 cm³/mol. The van der Waals surface area contributed by atoms with E-state index in [-0.39, 0.29) is 18.0 Å². The zero-order chi connectivity index (χ0) is 23.1.